The Bertz CT molecular complexity index is 174. The van der Waals surface area contributed by atoms with Crippen LogP contribution in [0.3, 0.4) is 0 Å². The number of carbonyl (C=O) groups excluding carboxylic acids is 1. The van der Waals surface area contributed by atoms with Crippen LogP contribution in [0.2, 0.25) is 0 Å². The maximum atomic E-state index is 11.5. The lowest BCUT2D eigenvalue weighted by Gasteiger charge is -2.36. The van der Waals surface area contributed by atoms with Gasteiger partial charge in [-0.25, -0.2) is 0 Å². The molecular weight excluding hydrogens is 168 g/mol. The molecule has 0 aromatic carbocycles. The van der Waals surface area contributed by atoms with Gasteiger partial charge in [0.1, 0.15) is 0 Å². The van der Waals surface area contributed by atoms with Crippen molar-refractivity contribution < 1.29 is 9.90 Å². The molecule has 0 aromatic rings. The molecule has 0 aliphatic carbocycles. The monoisotopic (exact) mass is 186 g/mol. The van der Waals surface area contributed by atoms with Gasteiger partial charge in [0.2, 0.25) is 5.91 Å². The van der Waals surface area contributed by atoms with Gasteiger partial charge in [-0.3, -0.25) is 9.69 Å². The predicted molar refractivity (Wildman–Crippen MR) is 50.4 cm³/mol. The highest BCUT2D eigenvalue weighted by atomic mass is 16.3. The van der Waals surface area contributed by atoms with E-state index in [1.54, 1.807) is 0 Å². The van der Waals surface area contributed by atoms with E-state index in [0.29, 0.717) is 19.6 Å². The summed E-state index contributed by atoms with van der Waals surface area (Å²) in [5.74, 6) is 0.164. The highest BCUT2D eigenvalue weighted by Gasteiger charge is 2.26. The zero-order valence-corrected chi connectivity index (χ0v) is 8.36. The molecule has 0 bridgehead atoms. The van der Waals surface area contributed by atoms with Gasteiger partial charge in [-0.15, -0.1) is 0 Å². The van der Waals surface area contributed by atoms with Crippen LogP contribution >= 0.6 is 0 Å². The van der Waals surface area contributed by atoms with Crippen LogP contribution in [0.25, 0.3) is 0 Å². The topological polar surface area (TPSA) is 43.8 Å². The first kappa shape index (κ1) is 10.5. The summed E-state index contributed by atoms with van der Waals surface area (Å²) in [5, 5.41) is 9.02. The highest BCUT2D eigenvalue weighted by Crippen LogP contribution is 2.06. The van der Waals surface area contributed by atoms with E-state index in [4.69, 9.17) is 5.11 Å². The fourth-order valence-electron chi connectivity index (χ4n) is 1.54. The maximum Gasteiger partial charge on any atom is 0.236 e. The Labute approximate surface area is 79.1 Å². The van der Waals surface area contributed by atoms with Gasteiger partial charge in [0.15, 0.2) is 0 Å². The first-order valence-corrected chi connectivity index (χ1v) is 4.85. The van der Waals surface area contributed by atoms with Crippen LogP contribution in [-0.2, 0) is 4.79 Å². The first-order valence-electron chi connectivity index (χ1n) is 4.85. The van der Waals surface area contributed by atoms with Gasteiger partial charge < -0.3 is 10.0 Å². The van der Waals surface area contributed by atoms with E-state index < -0.39 is 0 Å². The Hall–Kier alpha value is -0.610. The van der Waals surface area contributed by atoms with Crippen molar-refractivity contribution in [3.05, 3.63) is 0 Å². The third kappa shape index (κ3) is 2.67. The number of rotatable bonds is 4. The standard InChI is InChI=1S/C9H18N2O2/c1-3-11(4-2)9(13)7-10-5-8(12)6-10/h8,12H,3-7H2,1-2H3. The van der Waals surface area contributed by atoms with Gasteiger partial charge in [-0.05, 0) is 13.8 Å². The van der Waals surface area contributed by atoms with Crippen molar-refractivity contribution in [1.29, 1.82) is 0 Å². The van der Waals surface area contributed by atoms with Crippen LogP contribution in [0.1, 0.15) is 13.8 Å². The molecule has 0 spiro atoms. The molecule has 0 aromatic heterocycles. The number of likely N-dealkylation sites (N-methyl/N-ethyl adjacent to an activating group) is 1. The van der Waals surface area contributed by atoms with Crippen LogP contribution in [-0.4, -0.2) is 59.6 Å². The van der Waals surface area contributed by atoms with Gasteiger partial charge in [-0.1, -0.05) is 0 Å². The molecule has 13 heavy (non-hydrogen) atoms. The van der Waals surface area contributed by atoms with E-state index in [9.17, 15) is 4.79 Å². The Morgan fingerprint density at radius 3 is 2.38 bits per heavy atom. The summed E-state index contributed by atoms with van der Waals surface area (Å²) in [4.78, 5) is 15.3. The third-order valence-electron chi connectivity index (χ3n) is 2.41. The Morgan fingerprint density at radius 2 is 2.00 bits per heavy atom. The molecule has 4 nitrogen and oxygen atoms in total. The minimum Gasteiger partial charge on any atom is -0.390 e. The van der Waals surface area contributed by atoms with E-state index in [-0.39, 0.29) is 12.0 Å². The van der Waals surface area contributed by atoms with Gasteiger partial charge in [0.05, 0.1) is 12.6 Å². The molecule has 1 saturated heterocycles. The molecule has 0 saturated carbocycles. The lowest BCUT2D eigenvalue weighted by molar-refractivity contribution is -0.134. The summed E-state index contributed by atoms with van der Waals surface area (Å²) in [7, 11) is 0. The second-order valence-electron chi connectivity index (χ2n) is 3.41. The number of aliphatic hydroxyl groups excluding tert-OH is 1. The summed E-state index contributed by atoms with van der Waals surface area (Å²) < 4.78 is 0. The minimum absolute atomic E-state index is 0.164. The molecule has 0 atom stereocenters. The van der Waals surface area contributed by atoms with Crippen LogP contribution in [0, 0.1) is 0 Å². The molecule has 1 N–H and O–H groups in total. The van der Waals surface area contributed by atoms with Gasteiger partial charge in [0.25, 0.3) is 0 Å². The fourth-order valence-corrected chi connectivity index (χ4v) is 1.54. The summed E-state index contributed by atoms with van der Waals surface area (Å²) in [5.41, 5.74) is 0. The van der Waals surface area contributed by atoms with E-state index >= 15 is 0 Å². The molecule has 1 fully saturated rings. The Kier molecular flexibility index (Phi) is 3.69. The van der Waals surface area contributed by atoms with Crippen LogP contribution in [0.4, 0.5) is 0 Å². The third-order valence-corrected chi connectivity index (χ3v) is 2.41. The number of β-amino-alcohol motifs (C(OH)–C–C–N with tert-alkyl or cyclic N) is 1. The van der Waals surface area contributed by atoms with Crippen molar-refractivity contribution in [3.63, 3.8) is 0 Å². The Balaban J connectivity index is 2.24. The largest absolute Gasteiger partial charge is 0.390 e. The smallest absolute Gasteiger partial charge is 0.236 e. The molecule has 1 aliphatic heterocycles. The lowest BCUT2D eigenvalue weighted by Crippen LogP contribution is -2.54. The number of amides is 1. The minimum atomic E-state index is -0.218. The maximum absolute atomic E-state index is 11.5. The fraction of sp³-hybridized carbons (Fsp3) is 0.889. The van der Waals surface area contributed by atoms with Crippen molar-refractivity contribution >= 4 is 5.91 Å². The second kappa shape index (κ2) is 4.58. The van der Waals surface area contributed by atoms with Crippen molar-refractivity contribution in [2.24, 2.45) is 0 Å². The van der Waals surface area contributed by atoms with Gasteiger partial charge in [-0.2, -0.15) is 0 Å². The first-order chi connectivity index (χ1) is 6.17. The van der Waals surface area contributed by atoms with Crippen molar-refractivity contribution in [3.8, 4) is 0 Å². The van der Waals surface area contributed by atoms with E-state index in [1.807, 2.05) is 23.6 Å². The quantitative estimate of drug-likeness (QED) is 0.645. The number of hydrogen-bond acceptors (Lipinski definition) is 3. The molecule has 1 amide bonds. The molecule has 1 aliphatic rings. The van der Waals surface area contributed by atoms with Crippen LogP contribution in [0.5, 0.6) is 0 Å². The molecular formula is C9H18N2O2. The van der Waals surface area contributed by atoms with Crippen molar-refractivity contribution in [2.75, 3.05) is 32.7 Å². The van der Waals surface area contributed by atoms with Gasteiger partial charge >= 0.3 is 0 Å². The number of nitrogens with zero attached hydrogens (tertiary/aromatic N) is 2. The number of hydrogen-bond donors (Lipinski definition) is 1. The normalized spacial score (nSPS) is 18.4. The number of likely N-dealkylation sites (tertiary alicyclic amines) is 1. The van der Waals surface area contributed by atoms with Crippen LogP contribution < -0.4 is 0 Å². The predicted octanol–water partition coefficient (Wildman–Crippen LogP) is -0.469. The van der Waals surface area contributed by atoms with E-state index in [2.05, 4.69) is 0 Å². The summed E-state index contributed by atoms with van der Waals surface area (Å²) in [6, 6.07) is 0. The molecule has 4 heteroatoms. The second-order valence-corrected chi connectivity index (χ2v) is 3.41. The van der Waals surface area contributed by atoms with Gasteiger partial charge in [0, 0.05) is 26.2 Å². The summed E-state index contributed by atoms with van der Waals surface area (Å²) in [6.45, 7) is 7.24. The molecule has 0 radical (unpaired) electrons. The van der Waals surface area contributed by atoms with E-state index in [0.717, 1.165) is 13.1 Å². The highest BCUT2D eigenvalue weighted by molar-refractivity contribution is 5.78. The average Bonchev–Trinajstić information content (AvgIpc) is 2.04. The zero-order chi connectivity index (χ0) is 9.84. The average molecular weight is 186 g/mol. The van der Waals surface area contributed by atoms with Crippen molar-refractivity contribution in [1.82, 2.24) is 9.80 Å². The number of carbonyl (C=O) groups is 1. The molecule has 1 rings (SSSR count). The van der Waals surface area contributed by atoms with E-state index in [1.165, 1.54) is 0 Å². The zero-order valence-electron chi connectivity index (χ0n) is 8.36. The molecule has 0 unspecified atom stereocenters. The SMILES string of the molecule is CCN(CC)C(=O)CN1CC(O)C1. The Morgan fingerprint density at radius 1 is 1.46 bits per heavy atom. The summed E-state index contributed by atoms with van der Waals surface area (Å²) in [6.07, 6.45) is -0.218. The number of aliphatic hydroxyl groups is 1. The summed E-state index contributed by atoms with van der Waals surface area (Å²) >= 11 is 0. The lowest BCUT2D eigenvalue weighted by atomic mass is 10.2. The van der Waals surface area contributed by atoms with Crippen molar-refractivity contribution in [2.45, 2.75) is 20.0 Å². The molecule has 76 valence electrons. The molecule has 1 heterocycles. The van der Waals surface area contributed by atoms with Crippen LogP contribution in [0.15, 0.2) is 0 Å².